The van der Waals surface area contributed by atoms with Gasteiger partial charge in [0.2, 0.25) is 5.91 Å². The molecular weight excluding hydrogens is 444 g/mol. The molecule has 2 amide bonds. The average Bonchev–Trinajstić information content (AvgIpc) is 3.47. The number of nitrogens with zero attached hydrogens (tertiary/aromatic N) is 3. The number of Topliss-reactive ketones (excluding diaryl/α,β-unsaturated/α-hetero) is 1. The number of piperazine rings is 1. The predicted octanol–water partition coefficient (Wildman–Crippen LogP) is 2.22. The third kappa shape index (κ3) is 4.70. The van der Waals surface area contributed by atoms with Gasteiger partial charge in [0.05, 0.1) is 6.10 Å². The molecule has 5 rings (SSSR count). The van der Waals surface area contributed by atoms with E-state index in [1.165, 1.54) is 0 Å². The van der Waals surface area contributed by atoms with E-state index >= 15 is 0 Å². The van der Waals surface area contributed by atoms with Crippen molar-refractivity contribution in [3.05, 3.63) is 29.8 Å². The minimum Gasteiger partial charge on any atom is -0.369 e. The van der Waals surface area contributed by atoms with Crippen LogP contribution in [0.25, 0.3) is 0 Å². The van der Waals surface area contributed by atoms with Gasteiger partial charge >= 0.3 is 0 Å². The van der Waals surface area contributed by atoms with Gasteiger partial charge in [-0.05, 0) is 57.4 Å². The van der Waals surface area contributed by atoms with Crippen LogP contribution >= 0.6 is 0 Å². The maximum Gasteiger partial charge on any atom is 0.252 e. The molecule has 0 radical (unpaired) electrons. The Morgan fingerprint density at radius 3 is 2.34 bits per heavy atom. The SMILES string of the molecule is CC(C)N1CCN(c2ccc(C(=O)NC3(C(=O)N4CC[C@H]5OCC(=O)[C@H]54)CCCCC3)cc2)CC1. The van der Waals surface area contributed by atoms with Crippen molar-refractivity contribution in [1.82, 2.24) is 15.1 Å². The summed E-state index contributed by atoms with van der Waals surface area (Å²) >= 11 is 0. The third-order valence-corrected chi connectivity index (χ3v) is 8.38. The van der Waals surface area contributed by atoms with Crippen LogP contribution in [0.3, 0.4) is 0 Å². The summed E-state index contributed by atoms with van der Waals surface area (Å²) in [7, 11) is 0. The molecule has 1 saturated carbocycles. The van der Waals surface area contributed by atoms with Crippen molar-refractivity contribution in [3.63, 3.8) is 0 Å². The monoisotopic (exact) mass is 482 g/mol. The Kier molecular flexibility index (Phi) is 6.86. The molecule has 1 aliphatic carbocycles. The van der Waals surface area contributed by atoms with Crippen molar-refractivity contribution in [1.29, 1.82) is 0 Å². The Morgan fingerprint density at radius 2 is 1.69 bits per heavy atom. The average molecular weight is 483 g/mol. The lowest BCUT2D eigenvalue weighted by Crippen LogP contribution is -2.62. The Balaban J connectivity index is 1.28. The molecule has 4 aliphatic rings. The van der Waals surface area contributed by atoms with Crippen molar-refractivity contribution in [3.8, 4) is 0 Å². The van der Waals surface area contributed by atoms with E-state index in [1.54, 1.807) is 4.90 Å². The zero-order valence-corrected chi connectivity index (χ0v) is 21.0. The number of hydrogen-bond acceptors (Lipinski definition) is 6. The lowest BCUT2D eigenvalue weighted by molar-refractivity contribution is -0.143. The number of carbonyl (C=O) groups is 3. The standard InChI is InChI=1S/C27H38N4O4/c1-19(2)29-14-16-30(17-15-29)21-8-6-20(7-9-21)25(33)28-27(11-4-3-5-12-27)26(34)31-13-10-23-24(31)22(32)18-35-23/h6-9,19,23-24H,3-5,10-18H2,1-2H3,(H,28,33)/t23-,24-/m1/s1. The number of ketones is 1. The zero-order chi connectivity index (χ0) is 24.6. The van der Waals surface area contributed by atoms with Crippen LogP contribution in [-0.2, 0) is 14.3 Å². The first-order valence-corrected chi connectivity index (χ1v) is 13.2. The van der Waals surface area contributed by atoms with Gasteiger partial charge in [-0.1, -0.05) is 19.3 Å². The van der Waals surface area contributed by atoms with Gasteiger partial charge in [-0.15, -0.1) is 0 Å². The number of amides is 2. The molecule has 4 fully saturated rings. The number of benzene rings is 1. The molecular formula is C27H38N4O4. The van der Waals surface area contributed by atoms with Crippen LogP contribution in [0.1, 0.15) is 62.7 Å². The highest BCUT2D eigenvalue weighted by Gasteiger charge is 2.52. The minimum absolute atomic E-state index is 0.0250. The van der Waals surface area contributed by atoms with Crippen LogP contribution in [0.5, 0.6) is 0 Å². The van der Waals surface area contributed by atoms with E-state index in [1.807, 2.05) is 24.3 Å². The van der Waals surface area contributed by atoms with Crippen molar-refractivity contribution in [2.45, 2.75) is 76.1 Å². The minimum atomic E-state index is -0.945. The first-order valence-electron chi connectivity index (χ1n) is 13.2. The molecule has 8 nitrogen and oxygen atoms in total. The van der Waals surface area contributed by atoms with Crippen molar-refractivity contribution >= 4 is 23.3 Å². The van der Waals surface area contributed by atoms with Gasteiger partial charge in [0.1, 0.15) is 18.2 Å². The number of ether oxygens (including phenoxy) is 1. The molecule has 8 heteroatoms. The van der Waals surface area contributed by atoms with Gasteiger partial charge in [-0.3, -0.25) is 19.3 Å². The summed E-state index contributed by atoms with van der Waals surface area (Å²) in [5, 5.41) is 3.13. The lowest BCUT2D eigenvalue weighted by atomic mass is 9.80. The van der Waals surface area contributed by atoms with E-state index in [4.69, 9.17) is 4.74 Å². The molecule has 2 atom stereocenters. The maximum absolute atomic E-state index is 13.8. The molecule has 0 spiro atoms. The topological polar surface area (TPSA) is 82.2 Å². The number of nitrogens with one attached hydrogen (secondary N) is 1. The number of anilines is 1. The zero-order valence-electron chi connectivity index (χ0n) is 21.0. The predicted molar refractivity (Wildman–Crippen MR) is 134 cm³/mol. The smallest absolute Gasteiger partial charge is 0.252 e. The lowest BCUT2D eigenvalue weighted by Gasteiger charge is -2.40. The first-order chi connectivity index (χ1) is 16.9. The summed E-state index contributed by atoms with van der Waals surface area (Å²) in [6.07, 6.45) is 4.53. The van der Waals surface area contributed by atoms with Gasteiger partial charge in [0.25, 0.3) is 5.91 Å². The fourth-order valence-electron chi connectivity index (χ4n) is 6.25. The van der Waals surface area contributed by atoms with Crippen LogP contribution in [0.15, 0.2) is 24.3 Å². The van der Waals surface area contributed by atoms with Crippen molar-refractivity contribution < 1.29 is 19.1 Å². The molecule has 3 saturated heterocycles. The highest BCUT2D eigenvalue weighted by molar-refractivity contribution is 6.01. The Morgan fingerprint density at radius 1 is 1.00 bits per heavy atom. The Hall–Kier alpha value is -2.45. The normalized spacial score (nSPS) is 26.8. The molecule has 0 unspecified atom stereocenters. The summed E-state index contributed by atoms with van der Waals surface area (Å²) < 4.78 is 5.58. The summed E-state index contributed by atoms with van der Waals surface area (Å²) in [5.41, 5.74) is 0.738. The van der Waals surface area contributed by atoms with Crippen LogP contribution in [-0.4, -0.2) is 90.5 Å². The highest BCUT2D eigenvalue weighted by Crippen LogP contribution is 2.35. The first kappa shape index (κ1) is 24.3. The molecule has 0 bridgehead atoms. The van der Waals surface area contributed by atoms with Gasteiger partial charge < -0.3 is 19.9 Å². The van der Waals surface area contributed by atoms with E-state index in [2.05, 4.69) is 29.0 Å². The number of carbonyl (C=O) groups excluding carboxylic acids is 3. The molecule has 35 heavy (non-hydrogen) atoms. The second-order valence-electron chi connectivity index (χ2n) is 10.8. The molecule has 0 aromatic heterocycles. The summed E-state index contributed by atoms with van der Waals surface area (Å²) in [6.45, 7) is 9.08. The molecule has 3 aliphatic heterocycles. The maximum atomic E-state index is 13.8. The van der Waals surface area contributed by atoms with E-state index in [0.29, 0.717) is 37.4 Å². The van der Waals surface area contributed by atoms with Crippen LogP contribution in [0.4, 0.5) is 5.69 Å². The van der Waals surface area contributed by atoms with Gasteiger partial charge in [0.15, 0.2) is 5.78 Å². The Labute approximate surface area is 207 Å². The fourth-order valence-corrected chi connectivity index (χ4v) is 6.25. The van der Waals surface area contributed by atoms with Gasteiger partial charge in [0, 0.05) is 50.0 Å². The molecule has 190 valence electrons. The Bertz CT molecular complexity index is 948. The van der Waals surface area contributed by atoms with Crippen molar-refractivity contribution in [2.75, 3.05) is 44.2 Å². The van der Waals surface area contributed by atoms with E-state index in [9.17, 15) is 14.4 Å². The summed E-state index contributed by atoms with van der Waals surface area (Å²) in [6, 6.07) is 7.81. The van der Waals surface area contributed by atoms with E-state index in [0.717, 1.165) is 51.1 Å². The number of hydrogen-bond donors (Lipinski definition) is 1. The quantitative estimate of drug-likeness (QED) is 0.693. The summed E-state index contributed by atoms with van der Waals surface area (Å²) in [5.74, 6) is -0.360. The largest absolute Gasteiger partial charge is 0.369 e. The van der Waals surface area contributed by atoms with Crippen LogP contribution in [0.2, 0.25) is 0 Å². The van der Waals surface area contributed by atoms with Crippen LogP contribution < -0.4 is 10.2 Å². The molecule has 1 N–H and O–H groups in total. The molecule has 1 aromatic rings. The fraction of sp³-hybridized carbons (Fsp3) is 0.667. The van der Waals surface area contributed by atoms with E-state index < -0.39 is 11.6 Å². The highest BCUT2D eigenvalue weighted by atomic mass is 16.5. The molecule has 1 aromatic carbocycles. The van der Waals surface area contributed by atoms with Crippen LogP contribution in [0, 0.1) is 0 Å². The third-order valence-electron chi connectivity index (χ3n) is 8.38. The van der Waals surface area contributed by atoms with Crippen molar-refractivity contribution in [2.24, 2.45) is 0 Å². The summed E-state index contributed by atoms with van der Waals surface area (Å²) in [4.78, 5) is 46.1. The number of likely N-dealkylation sites (tertiary alicyclic amines) is 1. The number of rotatable bonds is 5. The number of fused-ring (bicyclic) bond motifs is 1. The van der Waals surface area contributed by atoms with E-state index in [-0.39, 0.29) is 30.3 Å². The van der Waals surface area contributed by atoms with Gasteiger partial charge in [-0.2, -0.15) is 0 Å². The second kappa shape index (κ2) is 9.90. The second-order valence-corrected chi connectivity index (χ2v) is 10.8. The van der Waals surface area contributed by atoms with Gasteiger partial charge in [-0.25, -0.2) is 0 Å². The molecule has 3 heterocycles.